The molecule has 1 heterocycles. The second-order valence-corrected chi connectivity index (χ2v) is 10.8. The third-order valence-corrected chi connectivity index (χ3v) is 8.09. The molecule has 8 heteroatoms. The van der Waals surface area contributed by atoms with Crippen LogP contribution in [0.1, 0.15) is 36.8 Å². The summed E-state index contributed by atoms with van der Waals surface area (Å²) in [6.07, 6.45) is 4.71. The minimum atomic E-state index is -3.56. The van der Waals surface area contributed by atoms with Crippen molar-refractivity contribution >= 4 is 21.6 Å². The van der Waals surface area contributed by atoms with E-state index in [9.17, 15) is 13.2 Å². The van der Waals surface area contributed by atoms with Gasteiger partial charge < -0.3 is 10.1 Å². The summed E-state index contributed by atoms with van der Waals surface area (Å²) in [5.74, 6) is -0.161. The highest BCUT2D eigenvalue weighted by atomic mass is 32.2. The van der Waals surface area contributed by atoms with E-state index in [1.165, 1.54) is 5.56 Å². The third kappa shape index (κ3) is 7.63. The van der Waals surface area contributed by atoms with E-state index in [1.54, 1.807) is 29.6 Å². The van der Waals surface area contributed by atoms with Gasteiger partial charge in [0.25, 0.3) is 0 Å². The van der Waals surface area contributed by atoms with Crippen LogP contribution in [0.25, 0.3) is 0 Å². The van der Waals surface area contributed by atoms with Crippen LogP contribution in [0.5, 0.6) is 0 Å². The highest BCUT2D eigenvalue weighted by Crippen LogP contribution is 2.25. The average Bonchev–Trinajstić information content (AvgIpc) is 2.85. The van der Waals surface area contributed by atoms with Gasteiger partial charge in [0.2, 0.25) is 15.9 Å². The Bertz CT molecular complexity index is 1020. The number of piperidine rings is 1. The fourth-order valence-electron chi connectivity index (χ4n) is 4.19. The maximum atomic E-state index is 13.1. The second kappa shape index (κ2) is 13.0. The number of hydrogen-bond acceptors (Lipinski definition) is 5. The molecule has 0 atom stereocenters. The van der Waals surface area contributed by atoms with Gasteiger partial charge in [-0.05, 0) is 62.4 Å². The molecule has 1 saturated heterocycles. The zero-order valence-electron chi connectivity index (χ0n) is 20.3. The Morgan fingerprint density at radius 1 is 1.06 bits per heavy atom. The molecule has 1 amide bonds. The highest BCUT2D eigenvalue weighted by Gasteiger charge is 2.26. The topological polar surface area (TPSA) is 79.0 Å². The van der Waals surface area contributed by atoms with Crippen molar-refractivity contribution in [2.75, 3.05) is 51.8 Å². The van der Waals surface area contributed by atoms with E-state index in [0.29, 0.717) is 31.9 Å². The smallest absolute Gasteiger partial charge is 0.243 e. The van der Waals surface area contributed by atoms with E-state index in [2.05, 4.69) is 22.3 Å². The van der Waals surface area contributed by atoms with Crippen LogP contribution in [0.15, 0.2) is 53.4 Å². The van der Waals surface area contributed by atoms with E-state index in [-0.39, 0.29) is 17.3 Å². The van der Waals surface area contributed by atoms with Gasteiger partial charge in [-0.2, -0.15) is 4.31 Å². The van der Waals surface area contributed by atoms with Gasteiger partial charge >= 0.3 is 0 Å². The number of rotatable bonds is 12. The summed E-state index contributed by atoms with van der Waals surface area (Å²) < 4.78 is 32.9. The van der Waals surface area contributed by atoms with E-state index in [1.807, 2.05) is 25.1 Å². The van der Waals surface area contributed by atoms with Crippen LogP contribution in [-0.4, -0.2) is 70.0 Å². The molecule has 2 aromatic carbocycles. The fourth-order valence-corrected chi connectivity index (χ4v) is 5.73. The summed E-state index contributed by atoms with van der Waals surface area (Å²) >= 11 is 0. The van der Waals surface area contributed by atoms with Gasteiger partial charge in [-0.1, -0.05) is 42.8 Å². The van der Waals surface area contributed by atoms with Crippen molar-refractivity contribution < 1.29 is 17.9 Å². The Morgan fingerprint density at radius 3 is 2.50 bits per heavy atom. The zero-order chi connectivity index (χ0) is 24.4. The first-order valence-electron chi connectivity index (χ1n) is 12.1. The van der Waals surface area contributed by atoms with E-state index >= 15 is 0 Å². The number of amides is 1. The highest BCUT2D eigenvalue weighted by molar-refractivity contribution is 7.89. The first kappa shape index (κ1) is 26.3. The van der Waals surface area contributed by atoms with Crippen molar-refractivity contribution in [1.82, 2.24) is 9.21 Å². The van der Waals surface area contributed by atoms with Crippen molar-refractivity contribution in [2.24, 2.45) is 0 Å². The van der Waals surface area contributed by atoms with Crippen molar-refractivity contribution in [2.45, 2.75) is 43.9 Å². The first-order valence-corrected chi connectivity index (χ1v) is 13.5. The molecular weight excluding hydrogens is 450 g/mol. The average molecular weight is 488 g/mol. The molecule has 0 radical (unpaired) electrons. The van der Waals surface area contributed by atoms with Gasteiger partial charge in [0.15, 0.2) is 0 Å². The van der Waals surface area contributed by atoms with Crippen LogP contribution < -0.4 is 5.32 Å². The number of hydrogen-bond donors (Lipinski definition) is 1. The number of benzene rings is 2. The molecule has 7 nitrogen and oxygen atoms in total. The first-order chi connectivity index (χ1) is 16.4. The van der Waals surface area contributed by atoms with Crippen LogP contribution in [0, 0.1) is 6.92 Å². The van der Waals surface area contributed by atoms with E-state index in [4.69, 9.17) is 4.74 Å². The summed E-state index contributed by atoms with van der Waals surface area (Å²) in [4.78, 5) is 15.2. The largest absolute Gasteiger partial charge is 0.383 e. The number of carbonyl (C=O) groups is 1. The number of carbonyl (C=O) groups excluding carboxylic acids is 1. The lowest BCUT2D eigenvalue weighted by Gasteiger charge is -2.26. The number of methoxy groups -OCH3 is 1. The minimum absolute atomic E-state index is 0.161. The van der Waals surface area contributed by atoms with Crippen molar-refractivity contribution in [3.05, 3.63) is 59.7 Å². The van der Waals surface area contributed by atoms with Crippen molar-refractivity contribution in [3.8, 4) is 0 Å². The summed E-state index contributed by atoms with van der Waals surface area (Å²) in [5.41, 5.74) is 2.65. The molecule has 0 bridgehead atoms. The molecule has 0 spiro atoms. The summed E-state index contributed by atoms with van der Waals surface area (Å²) in [5, 5.41) is 2.94. The number of ether oxygens (including phenoxy) is 1. The van der Waals surface area contributed by atoms with Gasteiger partial charge in [0.05, 0.1) is 18.0 Å². The van der Waals surface area contributed by atoms with E-state index in [0.717, 1.165) is 44.2 Å². The van der Waals surface area contributed by atoms with Crippen LogP contribution in [0.2, 0.25) is 0 Å². The standard InChI is InChI=1S/C26H37N3O4S/c1-22-13-14-24(34(31,32)29-16-7-4-8-17-29)20-25(22)27-26(30)21-28(18-19-33-2)15-9-12-23-10-5-3-6-11-23/h3,5-6,10-11,13-14,20H,4,7-9,12,15-19,21H2,1-2H3,(H,27,30). The summed E-state index contributed by atoms with van der Waals surface area (Å²) in [6, 6.07) is 15.3. The molecule has 1 N–H and O–H groups in total. The maximum Gasteiger partial charge on any atom is 0.243 e. The normalized spacial score (nSPS) is 14.9. The maximum absolute atomic E-state index is 13.1. The third-order valence-electron chi connectivity index (χ3n) is 6.20. The second-order valence-electron chi connectivity index (χ2n) is 8.85. The molecule has 1 fully saturated rings. The minimum Gasteiger partial charge on any atom is -0.383 e. The lowest BCUT2D eigenvalue weighted by atomic mass is 10.1. The monoisotopic (exact) mass is 487 g/mol. The zero-order valence-corrected chi connectivity index (χ0v) is 21.1. The van der Waals surface area contributed by atoms with Crippen molar-refractivity contribution in [3.63, 3.8) is 0 Å². The molecule has 34 heavy (non-hydrogen) atoms. The number of sulfonamides is 1. The van der Waals surface area contributed by atoms with Gasteiger partial charge in [-0.3, -0.25) is 9.69 Å². The molecule has 0 aliphatic carbocycles. The van der Waals surface area contributed by atoms with Crippen LogP contribution >= 0.6 is 0 Å². The molecule has 186 valence electrons. The predicted octanol–water partition coefficient (Wildman–Crippen LogP) is 3.69. The summed E-state index contributed by atoms with van der Waals surface area (Å²) in [7, 11) is -1.90. The predicted molar refractivity (Wildman–Crippen MR) is 135 cm³/mol. The van der Waals surface area contributed by atoms with Gasteiger partial charge in [-0.15, -0.1) is 0 Å². The number of nitrogens with one attached hydrogen (secondary N) is 1. The molecule has 0 saturated carbocycles. The molecule has 2 aromatic rings. The molecule has 1 aliphatic heterocycles. The Morgan fingerprint density at radius 2 is 1.79 bits per heavy atom. The molecule has 1 aliphatic rings. The summed E-state index contributed by atoms with van der Waals surface area (Å²) in [6.45, 7) is 5.16. The fraction of sp³-hybridized carbons (Fsp3) is 0.500. The molecule has 3 rings (SSSR count). The van der Waals surface area contributed by atoms with Gasteiger partial charge in [0, 0.05) is 32.4 Å². The molecular formula is C26H37N3O4S. The van der Waals surface area contributed by atoms with Crippen LogP contribution in [0.3, 0.4) is 0 Å². The molecule has 0 aromatic heterocycles. The number of nitrogens with zero attached hydrogens (tertiary/aromatic N) is 2. The lowest BCUT2D eigenvalue weighted by Crippen LogP contribution is -2.37. The quantitative estimate of drug-likeness (QED) is 0.494. The Hall–Kier alpha value is -2.26. The van der Waals surface area contributed by atoms with Gasteiger partial charge in [-0.25, -0.2) is 8.42 Å². The number of anilines is 1. The molecule has 0 unspecified atom stereocenters. The van der Waals surface area contributed by atoms with Gasteiger partial charge in [0.1, 0.15) is 0 Å². The number of aryl methyl sites for hydroxylation is 2. The Labute approximate surface area is 204 Å². The lowest BCUT2D eigenvalue weighted by molar-refractivity contribution is -0.117. The van der Waals surface area contributed by atoms with Crippen molar-refractivity contribution in [1.29, 1.82) is 0 Å². The SMILES string of the molecule is COCCN(CCCc1ccccc1)CC(=O)Nc1cc(S(=O)(=O)N2CCCCC2)ccc1C. The Kier molecular flexibility index (Phi) is 10.1. The van der Waals surface area contributed by atoms with E-state index < -0.39 is 10.0 Å². The Balaban J connectivity index is 1.62. The van der Waals surface area contributed by atoms with Crippen LogP contribution in [-0.2, 0) is 26.0 Å². The van der Waals surface area contributed by atoms with Crippen LogP contribution in [0.4, 0.5) is 5.69 Å².